The zero-order chi connectivity index (χ0) is 9.61. The van der Waals surface area contributed by atoms with Crippen LogP contribution in [0.4, 0.5) is 13.2 Å². The van der Waals surface area contributed by atoms with Crippen molar-refractivity contribution in [3.63, 3.8) is 0 Å². The van der Waals surface area contributed by atoms with Gasteiger partial charge in [0.05, 0.1) is 0 Å². The van der Waals surface area contributed by atoms with Gasteiger partial charge in [-0.05, 0) is 0 Å². The molecule has 0 aromatic heterocycles. The Labute approximate surface area is 91.6 Å². The van der Waals surface area contributed by atoms with Crippen LogP contribution in [-0.4, -0.2) is 23.1 Å². The molecule has 0 fully saturated rings. The molecule has 0 N–H and O–H groups in total. The molecule has 1 rings (SSSR count). The fraction of sp³-hybridized carbons (Fsp3) is 0.111. The van der Waals surface area contributed by atoms with Gasteiger partial charge in [0.15, 0.2) is 0 Å². The maximum atomic E-state index is 11.8. The van der Waals surface area contributed by atoms with Gasteiger partial charge in [0.2, 0.25) is 0 Å². The van der Waals surface area contributed by atoms with E-state index in [1.54, 1.807) is 0 Å². The predicted molar refractivity (Wildman–Crippen MR) is 46.0 cm³/mol. The molecule has 0 spiro atoms. The van der Waals surface area contributed by atoms with E-state index < -0.39 is 11.7 Å². The minimum absolute atomic E-state index is 0. The van der Waals surface area contributed by atoms with E-state index in [0.717, 1.165) is 12.1 Å². The van der Waals surface area contributed by atoms with Gasteiger partial charge in [-0.25, -0.2) is 0 Å². The van der Waals surface area contributed by atoms with Gasteiger partial charge in [0, 0.05) is 0 Å². The molecule has 0 atom stereocenters. The van der Waals surface area contributed by atoms with Crippen molar-refractivity contribution in [3.8, 4) is 0 Å². The Morgan fingerprint density at radius 2 is 1.54 bits per heavy atom. The molecule has 0 aliphatic heterocycles. The second-order valence-electron chi connectivity index (χ2n) is 1.79. The smallest absolute Gasteiger partial charge is 0.521 e. The molecule has 0 nitrogen and oxygen atoms in total. The van der Waals surface area contributed by atoms with Crippen molar-refractivity contribution in [2.24, 2.45) is 0 Å². The van der Waals surface area contributed by atoms with Crippen LogP contribution in [0, 0.1) is 12.6 Å². The summed E-state index contributed by atoms with van der Waals surface area (Å²) in [4.78, 5) is 0. The molecule has 0 unspecified atom stereocenters. The Morgan fingerprint density at radius 1 is 1.15 bits per heavy atom. The minimum Gasteiger partial charge on any atom is -0.521 e. The van der Waals surface area contributed by atoms with Crippen LogP contribution >= 0.6 is 0 Å². The van der Waals surface area contributed by atoms with Crippen molar-refractivity contribution in [1.29, 1.82) is 0 Å². The molecular formula is C9H7F3Mg. The fourth-order valence-corrected chi connectivity index (χ4v) is 0.576. The van der Waals surface area contributed by atoms with Crippen LogP contribution in [0.5, 0.6) is 0 Å². The Balaban J connectivity index is 0. The molecule has 0 radical (unpaired) electrons. The zero-order valence-electron chi connectivity index (χ0n) is 6.93. The summed E-state index contributed by atoms with van der Waals surface area (Å²) in [6.45, 7) is 7.00. The molecule has 4 heteroatoms. The second kappa shape index (κ2) is 6.97. The molecule has 13 heavy (non-hydrogen) atoms. The number of hydrogen-bond donors (Lipinski definition) is 0. The molecule has 0 heterocycles. The van der Waals surface area contributed by atoms with Gasteiger partial charge in [-0.2, -0.15) is 43.5 Å². The Bertz CT molecular complexity index is 218. The quantitative estimate of drug-likeness (QED) is 0.442. The van der Waals surface area contributed by atoms with Crippen LogP contribution in [0.25, 0.3) is 0 Å². The molecule has 66 valence electrons. The van der Waals surface area contributed by atoms with E-state index in [1.165, 1.54) is 12.1 Å². The molecule has 1 aromatic rings. The maximum Gasteiger partial charge on any atom is 2.00 e. The molecule has 0 saturated heterocycles. The summed E-state index contributed by atoms with van der Waals surface area (Å²) in [5.41, 5.74) is -0.633. The van der Waals surface area contributed by atoms with E-state index in [0.29, 0.717) is 0 Å². The Morgan fingerprint density at radius 3 is 1.77 bits per heavy atom. The summed E-state index contributed by atoms with van der Waals surface area (Å²) in [6.07, 6.45) is -4.23. The van der Waals surface area contributed by atoms with Gasteiger partial charge in [-0.3, -0.25) is 6.58 Å². The molecular weight excluding hydrogens is 189 g/mol. The van der Waals surface area contributed by atoms with Gasteiger partial charge < -0.3 is 6.58 Å². The molecule has 0 amide bonds. The molecule has 0 saturated carbocycles. The number of benzene rings is 1. The third kappa shape index (κ3) is 5.71. The molecule has 0 aliphatic carbocycles. The number of rotatable bonds is 0. The van der Waals surface area contributed by atoms with Gasteiger partial charge in [0.1, 0.15) is 0 Å². The van der Waals surface area contributed by atoms with Crippen molar-refractivity contribution < 1.29 is 13.2 Å². The largest absolute Gasteiger partial charge is 2.00 e. The summed E-state index contributed by atoms with van der Waals surface area (Å²) in [5, 5.41) is 0. The van der Waals surface area contributed by atoms with E-state index in [1.807, 2.05) is 0 Å². The topological polar surface area (TPSA) is 0 Å². The first-order valence-electron chi connectivity index (χ1n) is 3.05. The van der Waals surface area contributed by atoms with Crippen LogP contribution in [0.1, 0.15) is 5.56 Å². The first-order chi connectivity index (χ1) is 5.61. The first kappa shape index (κ1) is 15.0. The normalized spacial score (nSPS) is 9.15. The fourth-order valence-electron chi connectivity index (χ4n) is 0.576. The van der Waals surface area contributed by atoms with Gasteiger partial charge in [-0.15, -0.1) is 0 Å². The maximum absolute atomic E-state index is 11.8. The summed E-state index contributed by atoms with van der Waals surface area (Å²) >= 11 is 0. The van der Waals surface area contributed by atoms with E-state index in [4.69, 9.17) is 0 Å². The van der Waals surface area contributed by atoms with Crippen molar-refractivity contribution in [3.05, 3.63) is 49.1 Å². The summed E-state index contributed by atoms with van der Waals surface area (Å²) in [7, 11) is 0. The second-order valence-corrected chi connectivity index (χ2v) is 1.79. The van der Waals surface area contributed by atoms with Crippen LogP contribution in [0.15, 0.2) is 30.8 Å². The summed E-state index contributed by atoms with van der Waals surface area (Å²) in [5.74, 6) is 0. The number of hydrogen-bond acceptors (Lipinski definition) is 0. The van der Waals surface area contributed by atoms with Crippen LogP contribution in [0.3, 0.4) is 0 Å². The minimum atomic E-state index is -4.23. The number of alkyl halides is 3. The summed E-state index contributed by atoms with van der Waals surface area (Å²) in [6, 6.07) is 6.95. The zero-order valence-corrected chi connectivity index (χ0v) is 8.35. The van der Waals surface area contributed by atoms with Gasteiger partial charge in [-0.1, -0.05) is 5.56 Å². The van der Waals surface area contributed by atoms with E-state index in [2.05, 4.69) is 19.2 Å². The third-order valence-electron chi connectivity index (χ3n) is 1.05. The monoisotopic (exact) mass is 196 g/mol. The van der Waals surface area contributed by atoms with Crippen molar-refractivity contribution in [2.75, 3.05) is 0 Å². The van der Waals surface area contributed by atoms with Crippen molar-refractivity contribution >= 4 is 23.1 Å². The first-order valence-corrected chi connectivity index (χ1v) is 3.05. The summed E-state index contributed by atoms with van der Waals surface area (Å²) < 4.78 is 35.3. The SMILES string of the molecule is FC(F)(F)c1cc[c-]cc1.[CH-]=C.[Mg+2]. The van der Waals surface area contributed by atoms with E-state index in [9.17, 15) is 13.2 Å². The molecule has 1 aromatic carbocycles. The standard InChI is InChI=1S/C7H4F3.C2H3.Mg/c8-7(9,10)6-4-2-1-3-5-6;1-2;/h2-5H;1H,2H2;/q2*-1;+2. The van der Waals surface area contributed by atoms with Crippen LogP contribution < -0.4 is 0 Å². The van der Waals surface area contributed by atoms with Crippen LogP contribution in [-0.2, 0) is 6.18 Å². The Kier molecular flexibility index (Phi) is 8.05. The van der Waals surface area contributed by atoms with E-state index >= 15 is 0 Å². The van der Waals surface area contributed by atoms with Crippen molar-refractivity contribution in [2.45, 2.75) is 6.18 Å². The van der Waals surface area contributed by atoms with Crippen LogP contribution in [0.2, 0.25) is 0 Å². The van der Waals surface area contributed by atoms with Gasteiger partial charge in [0.25, 0.3) is 0 Å². The molecule has 0 bridgehead atoms. The van der Waals surface area contributed by atoms with Gasteiger partial charge >= 0.3 is 29.2 Å². The third-order valence-corrected chi connectivity index (χ3v) is 1.05. The number of halogens is 3. The Hall–Kier alpha value is -0.484. The van der Waals surface area contributed by atoms with E-state index in [-0.39, 0.29) is 23.1 Å². The predicted octanol–water partition coefficient (Wildman–Crippen LogP) is 2.73. The average molecular weight is 196 g/mol. The van der Waals surface area contributed by atoms with Crippen molar-refractivity contribution in [1.82, 2.24) is 0 Å². The average Bonchev–Trinajstić information content (AvgIpc) is 2.08. The molecule has 0 aliphatic rings.